The third-order valence-electron chi connectivity index (χ3n) is 3.13. The fourth-order valence-corrected chi connectivity index (χ4v) is 2.50. The summed E-state index contributed by atoms with van der Waals surface area (Å²) in [6, 6.07) is 3.55. The highest BCUT2D eigenvalue weighted by atomic mass is 79.9. The molecule has 1 aliphatic heterocycles. The Morgan fingerprint density at radius 3 is 2.61 bits per heavy atom. The van der Waals surface area contributed by atoms with E-state index in [0.717, 1.165) is 17.3 Å². The molecule has 4 nitrogen and oxygen atoms in total. The molecular weight excluding hydrogens is 314 g/mol. The molecule has 1 aromatic rings. The van der Waals surface area contributed by atoms with E-state index in [9.17, 15) is 4.79 Å². The molecular formula is C12H14BrN3OS. The van der Waals surface area contributed by atoms with Crippen LogP contribution in [0.15, 0.2) is 22.8 Å². The van der Waals surface area contributed by atoms with Gasteiger partial charge in [0.1, 0.15) is 5.69 Å². The summed E-state index contributed by atoms with van der Waals surface area (Å²) in [5.41, 5.74) is 6.11. The highest BCUT2D eigenvalue weighted by molar-refractivity contribution is 9.10. The summed E-state index contributed by atoms with van der Waals surface area (Å²) >= 11 is 8.28. The van der Waals surface area contributed by atoms with Crippen LogP contribution >= 0.6 is 28.1 Å². The van der Waals surface area contributed by atoms with Crippen LogP contribution in [-0.4, -0.2) is 33.9 Å². The van der Waals surface area contributed by atoms with Crippen molar-refractivity contribution in [2.75, 3.05) is 13.1 Å². The third-order valence-corrected chi connectivity index (χ3v) is 3.93. The van der Waals surface area contributed by atoms with E-state index in [1.165, 1.54) is 0 Å². The first-order chi connectivity index (χ1) is 8.58. The monoisotopic (exact) mass is 327 g/mol. The van der Waals surface area contributed by atoms with Gasteiger partial charge < -0.3 is 10.6 Å². The van der Waals surface area contributed by atoms with Crippen molar-refractivity contribution < 1.29 is 4.79 Å². The number of nitrogens with zero attached hydrogens (tertiary/aromatic N) is 2. The van der Waals surface area contributed by atoms with Crippen LogP contribution in [-0.2, 0) is 0 Å². The van der Waals surface area contributed by atoms with E-state index in [1.807, 2.05) is 11.0 Å². The maximum atomic E-state index is 12.2. The number of halogens is 1. The van der Waals surface area contributed by atoms with Gasteiger partial charge in [0.2, 0.25) is 0 Å². The fourth-order valence-electron chi connectivity index (χ4n) is 2.03. The van der Waals surface area contributed by atoms with Crippen LogP contribution in [0.3, 0.4) is 0 Å². The first kappa shape index (κ1) is 13.4. The first-order valence-electron chi connectivity index (χ1n) is 5.78. The second-order valence-corrected chi connectivity index (χ2v) is 5.72. The number of amides is 1. The number of aromatic nitrogens is 1. The molecule has 1 aliphatic rings. The maximum absolute atomic E-state index is 12.2. The minimum atomic E-state index is -0.0242. The number of hydrogen-bond donors (Lipinski definition) is 1. The number of carbonyl (C=O) groups excluding carboxylic acids is 1. The summed E-state index contributed by atoms with van der Waals surface area (Å²) in [7, 11) is 0. The summed E-state index contributed by atoms with van der Waals surface area (Å²) in [6.07, 6.45) is 3.32. The van der Waals surface area contributed by atoms with Gasteiger partial charge in [-0.05, 0) is 40.9 Å². The number of nitrogens with two attached hydrogens (primary N) is 1. The number of rotatable bonds is 2. The Morgan fingerprint density at radius 1 is 1.44 bits per heavy atom. The lowest BCUT2D eigenvalue weighted by Gasteiger charge is -2.31. The van der Waals surface area contributed by atoms with Crippen LogP contribution in [0.5, 0.6) is 0 Å². The molecule has 0 aliphatic carbocycles. The lowest BCUT2D eigenvalue weighted by Crippen LogP contribution is -2.41. The zero-order valence-corrected chi connectivity index (χ0v) is 12.2. The molecule has 1 aromatic heterocycles. The molecule has 0 aromatic carbocycles. The van der Waals surface area contributed by atoms with Gasteiger partial charge in [-0.25, -0.2) is 4.98 Å². The standard InChI is InChI=1S/C12H14BrN3OS/c13-9-1-2-10(15-7-9)12(17)16-5-3-8(4-6-16)11(14)18/h1-2,7-8H,3-6H2,(H2,14,18). The molecule has 2 N–H and O–H groups in total. The van der Waals surface area contributed by atoms with Gasteiger partial charge in [-0.3, -0.25) is 4.79 Å². The molecule has 1 fully saturated rings. The van der Waals surface area contributed by atoms with Crippen molar-refractivity contribution in [1.82, 2.24) is 9.88 Å². The highest BCUT2D eigenvalue weighted by Gasteiger charge is 2.25. The van der Waals surface area contributed by atoms with Crippen LogP contribution in [0, 0.1) is 5.92 Å². The van der Waals surface area contributed by atoms with Crippen LogP contribution in [0.2, 0.25) is 0 Å². The number of hydrogen-bond acceptors (Lipinski definition) is 3. The topological polar surface area (TPSA) is 59.2 Å². The molecule has 6 heteroatoms. The predicted molar refractivity (Wildman–Crippen MR) is 77.3 cm³/mol. The van der Waals surface area contributed by atoms with Crippen LogP contribution in [0.25, 0.3) is 0 Å². The number of piperidine rings is 1. The van der Waals surface area contributed by atoms with Gasteiger partial charge in [0.25, 0.3) is 5.91 Å². The van der Waals surface area contributed by atoms with E-state index in [0.29, 0.717) is 23.8 Å². The van der Waals surface area contributed by atoms with Crippen molar-refractivity contribution in [1.29, 1.82) is 0 Å². The van der Waals surface area contributed by atoms with E-state index in [2.05, 4.69) is 20.9 Å². The lowest BCUT2D eigenvalue weighted by molar-refractivity contribution is 0.0704. The number of pyridine rings is 1. The predicted octanol–water partition coefficient (Wildman–Crippen LogP) is 1.98. The van der Waals surface area contributed by atoms with E-state index < -0.39 is 0 Å². The van der Waals surface area contributed by atoms with Gasteiger partial charge in [-0.15, -0.1) is 0 Å². The zero-order valence-electron chi connectivity index (χ0n) is 9.80. The van der Waals surface area contributed by atoms with Crippen molar-refractivity contribution >= 4 is 39.0 Å². The Balaban J connectivity index is 1.99. The Morgan fingerprint density at radius 2 is 2.11 bits per heavy atom. The quantitative estimate of drug-likeness (QED) is 0.844. The zero-order chi connectivity index (χ0) is 13.1. The molecule has 2 rings (SSSR count). The molecule has 0 saturated carbocycles. The Hall–Kier alpha value is -1.01. The van der Waals surface area contributed by atoms with Crippen molar-refractivity contribution in [3.63, 3.8) is 0 Å². The molecule has 1 saturated heterocycles. The van der Waals surface area contributed by atoms with Crippen molar-refractivity contribution in [2.45, 2.75) is 12.8 Å². The second-order valence-electron chi connectivity index (χ2n) is 4.33. The van der Waals surface area contributed by atoms with Gasteiger partial charge >= 0.3 is 0 Å². The van der Waals surface area contributed by atoms with Crippen molar-refractivity contribution in [3.05, 3.63) is 28.5 Å². The molecule has 1 amide bonds. The smallest absolute Gasteiger partial charge is 0.272 e. The molecule has 0 unspecified atom stereocenters. The molecule has 0 bridgehead atoms. The largest absolute Gasteiger partial charge is 0.393 e. The lowest BCUT2D eigenvalue weighted by atomic mass is 9.97. The normalized spacial score (nSPS) is 16.6. The Kier molecular flexibility index (Phi) is 4.29. The minimum Gasteiger partial charge on any atom is -0.393 e. The highest BCUT2D eigenvalue weighted by Crippen LogP contribution is 2.19. The number of carbonyl (C=O) groups is 1. The average molecular weight is 328 g/mol. The van der Waals surface area contributed by atoms with Crippen LogP contribution in [0.4, 0.5) is 0 Å². The summed E-state index contributed by atoms with van der Waals surface area (Å²) in [5, 5.41) is 0. The van der Waals surface area contributed by atoms with Gasteiger partial charge in [-0.2, -0.15) is 0 Å². The summed E-state index contributed by atoms with van der Waals surface area (Å²) < 4.78 is 0.867. The van der Waals surface area contributed by atoms with Gasteiger partial charge in [0, 0.05) is 29.7 Å². The summed E-state index contributed by atoms with van der Waals surface area (Å²) in [5.74, 6) is 0.241. The van der Waals surface area contributed by atoms with Gasteiger partial charge in [0.15, 0.2) is 0 Å². The van der Waals surface area contributed by atoms with Gasteiger partial charge in [-0.1, -0.05) is 12.2 Å². The average Bonchev–Trinajstić information content (AvgIpc) is 2.39. The third kappa shape index (κ3) is 3.05. The SMILES string of the molecule is NC(=S)C1CCN(C(=O)c2ccc(Br)cn2)CC1. The van der Waals surface area contributed by atoms with Crippen LogP contribution in [0.1, 0.15) is 23.3 Å². The first-order valence-corrected chi connectivity index (χ1v) is 6.98. The van der Waals surface area contributed by atoms with E-state index >= 15 is 0 Å². The fraction of sp³-hybridized carbons (Fsp3) is 0.417. The van der Waals surface area contributed by atoms with Crippen molar-refractivity contribution in [3.8, 4) is 0 Å². The van der Waals surface area contributed by atoms with E-state index in [1.54, 1.807) is 12.3 Å². The molecule has 0 radical (unpaired) electrons. The molecule has 0 spiro atoms. The second kappa shape index (κ2) is 5.75. The van der Waals surface area contributed by atoms with Crippen LogP contribution < -0.4 is 5.73 Å². The van der Waals surface area contributed by atoms with Crippen molar-refractivity contribution in [2.24, 2.45) is 11.7 Å². The maximum Gasteiger partial charge on any atom is 0.272 e. The molecule has 2 heterocycles. The Labute approximate surface area is 120 Å². The van der Waals surface area contributed by atoms with Gasteiger partial charge in [0.05, 0.1) is 4.99 Å². The number of likely N-dealkylation sites (tertiary alicyclic amines) is 1. The van der Waals surface area contributed by atoms with E-state index in [4.69, 9.17) is 18.0 Å². The van der Waals surface area contributed by atoms with E-state index in [-0.39, 0.29) is 11.8 Å². The summed E-state index contributed by atoms with van der Waals surface area (Å²) in [6.45, 7) is 1.39. The Bertz CT molecular complexity index is 455. The number of thiocarbonyl (C=S) groups is 1. The summed E-state index contributed by atoms with van der Waals surface area (Å²) in [4.78, 5) is 18.7. The molecule has 18 heavy (non-hydrogen) atoms. The molecule has 96 valence electrons. The minimum absolute atomic E-state index is 0.0242. The molecule has 0 atom stereocenters.